The molecule has 0 aromatic heterocycles. The van der Waals surface area contributed by atoms with Crippen LogP contribution < -0.4 is 0 Å². The third-order valence-corrected chi connectivity index (χ3v) is 2.31. The lowest BCUT2D eigenvalue weighted by Crippen LogP contribution is -1.95. The van der Waals surface area contributed by atoms with E-state index in [1.807, 2.05) is 0 Å². The van der Waals surface area contributed by atoms with Crippen LogP contribution in [-0.2, 0) is 0 Å². The quantitative estimate of drug-likeness (QED) is 0.649. The van der Waals surface area contributed by atoms with Crippen LogP contribution in [0.1, 0.15) is 10.4 Å². The Labute approximate surface area is 89.6 Å². The highest BCUT2D eigenvalue weighted by Crippen LogP contribution is 2.26. The van der Waals surface area contributed by atoms with Gasteiger partial charge in [-0.1, -0.05) is 3.34 Å². The number of hydrogen-bond acceptors (Lipinski definition) is 3. The maximum absolute atomic E-state index is 10.5. The van der Waals surface area contributed by atoms with Gasteiger partial charge >= 0.3 is 5.97 Å². The zero-order valence-corrected chi connectivity index (χ0v) is 8.60. The molecule has 0 saturated carbocycles. The first-order chi connectivity index (χ1) is 6.09. The fourth-order valence-corrected chi connectivity index (χ4v) is 1.63. The summed E-state index contributed by atoms with van der Waals surface area (Å²) in [7, 11) is 0. The Morgan fingerprint density at radius 1 is 1.31 bits per heavy atom. The van der Waals surface area contributed by atoms with Gasteiger partial charge in [-0.3, -0.25) is 0 Å². The first-order valence-electron chi connectivity index (χ1n) is 3.22. The van der Waals surface area contributed by atoms with E-state index in [1.54, 1.807) is 12.1 Å². The molecule has 1 N–H and O–H groups in total. The third kappa shape index (κ3) is 3.44. The van der Waals surface area contributed by atoms with Gasteiger partial charge < -0.3 is 5.11 Å². The van der Waals surface area contributed by atoms with Gasteiger partial charge in [-0.2, -0.15) is 0 Å². The van der Waals surface area contributed by atoms with Crippen molar-refractivity contribution in [3.8, 4) is 0 Å². The minimum absolute atomic E-state index is 0.236. The lowest BCUT2D eigenvalue weighted by Gasteiger charge is -2.02. The van der Waals surface area contributed by atoms with Crippen molar-refractivity contribution in [1.82, 2.24) is 3.34 Å². The highest BCUT2D eigenvalue weighted by molar-refractivity contribution is 7.98. The van der Waals surface area contributed by atoms with E-state index in [4.69, 9.17) is 28.7 Å². The minimum atomic E-state index is -0.954. The number of carboxylic acid groups (broad SMARTS) is 1. The van der Waals surface area contributed by atoms with Crippen molar-refractivity contribution in [2.45, 2.75) is 4.90 Å². The standard InChI is InChI=1S/C7H5Cl2NO2S/c8-10(9)13-6-3-1-5(2-4-6)7(11)12/h1-4H,(H,11,12). The van der Waals surface area contributed by atoms with Crippen molar-refractivity contribution in [2.75, 3.05) is 0 Å². The van der Waals surface area contributed by atoms with E-state index in [0.717, 1.165) is 20.2 Å². The van der Waals surface area contributed by atoms with Gasteiger partial charge in [0.1, 0.15) is 0 Å². The molecule has 6 heteroatoms. The van der Waals surface area contributed by atoms with Crippen LogP contribution in [0.2, 0.25) is 0 Å². The summed E-state index contributed by atoms with van der Waals surface area (Å²) >= 11 is 11.8. The predicted octanol–water partition coefficient (Wildman–Crippen LogP) is 3.00. The minimum Gasteiger partial charge on any atom is -0.478 e. The Bertz CT molecular complexity index is 302. The van der Waals surface area contributed by atoms with Crippen LogP contribution in [0.25, 0.3) is 0 Å². The van der Waals surface area contributed by atoms with Gasteiger partial charge in [-0.25, -0.2) is 4.79 Å². The Hall–Kier alpha value is -0.420. The Kier molecular flexibility index (Phi) is 3.87. The molecule has 0 heterocycles. The zero-order valence-electron chi connectivity index (χ0n) is 6.28. The number of nitrogens with zero attached hydrogens (tertiary/aromatic N) is 1. The number of halogens is 2. The Morgan fingerprint density at radius 3 is 2.23 bits per heavy atom. The van der Waals surface area contributed by atoms with Gasteiger partial charge in [-0.15, -0.1) is 0 Å². The van der Waals surface area contributed by atoms with Crippen LogP contribution in [-0.4, -0.2) is 14.4 Å². The van der Waals surface area contributed by atoms with Crippen molar-refractivity contribution >= 4 is 41.5 Å². The maximum atomic E-state index is 10.5. The molecular weight excluding hydrogens is 233 g/mol. The summed E-state index contributed by atoms with van der Waals surface area (Å²) < 4.78 is 0.899. The third-order valence-electron chi connectivity index (χ3n) is 1.28. The van der Waals surface area contributed by atoms with Gasteiger partial charge in [0.2, 0.25) is 0 Å². The molecule has 0 saturated heterocycles. The van der Waals surface area contributed by atoms with E-state index >= 15 is 0 Å². The molecule has 1 aromatic carbocycles. The Balaban J connectivity index is 2.75. The van der Waals surface area contributed by atoms with Gasteiger partial charge in [0, 0.05) is 28.4 Å². The summed E-state index contributed by atoms with van der Waals surface area (Å²) in [6.07, 6.45) is 0. The van der Waals surface area contributed by atoms with E-state index in [-0.39, 0.29) is 5.56 Å². The molecule has 1 aromatic rings. The second kappa shape index (κ2) is 4.72. The molecule has 70 valence electrons. The van der Waals surface area contributed by atoms with Crippen molar-refractivity contribution in [3.63, 3.8) is 0 Å². The second-order valence-corrected chi connectivity index (χ2v) is 4.39. The van der Waals surface area contributed by atoms with E-state index in [1.165, 1.54) is 12.1 Å². The molecule has 0 unspecified atom stereocenters. The van der Waals surface area contributed by atoms with E-state index in [2.05, 4.69) is 0 Å². The van der Waals surface area contributed by atoms with Gasteiger partial charge in [0.15, 0.2) is 0 Å². The molecule has 0 amide bonds. The number of benzene rings is 1. The molecule has 0 atom stereocenters. The molecule has 0 aliphatic carbocycles. The molecule has 0 radical (unpaired) electrons. The zero-order chi connectivity index (χ0) is 9.84. The Morgan fingerprint density at radius 2 is 1.85 bits per heavy atom. The van der Waals surface area contributed by atoms with Gasteiger partial charge in [0.05, 0.1) is 5.56 Å². The molecular formula is C7H5Cl2NO2S. The van der Waals surface area contributed by atoms with E-state index in [9.17, 15) is 4.79 Å². The number of carbonyl (C=O) groups is 1. The monoisotopic (exact) mass is 237 g/mol. The van der Waals surface area contributed by atoms with Gasteiger partial charge in [0.25, 0.3) is 0 Å². The number of rotatable bonds is 3. The molecule has 0 aliphatic heterocycles. The van der Waals surface area contributed by atoms with Crippen LogP contribution in [0.4, 0.5) is 0 Å². The van der Waals surface area contributed by atoms with Crippen molar-refractivity contribution in [3.05, 3.63) is 29.8 Å². The average Bonchev–Trinajstić information content (AvgIpc) is 2.04. The number of aromatic carboxylic acids is 1. The van der Waals surface area contributed by atoms with Gasteiger partial charge in [-0.05, 0) is 36.2 Å². The normalized spacial score (nSPS) is 10.4. The topological polar surface area (TPSA) is 40.5 Å². The van der Waals surface area contributed by atoms with Crippen LogP contribution in [0.15, 0.2) is 29.2 Å². The molecule has 0 aliphatic rings. The molecule has 0 bridgehead atoms. The summed E-state index contributed by atoms with van der Waals surface area (Å²) in [4.78, 5) is 11.2. The largest absolute Gasteiger partial charge is 0.478 e. The molecule has 0 fully saturated rings. The molecule has 3 nitrogen and oxygen atoms in total. The highest BCUT2D eigenvalue weighted by atomic mass is 35.5. The van der Waals surface area contributed by atoms with Crippen LogP contribution >= 0.6 is 35.5 Å². The SMILES string of the molecule is O=C(O)c1ccc(SN(Cl)Cl)cc1. The van der Waals surface area contributed by atoms with Crippen LogP contribution in [0.5, 0.6) is 0 Å². The number of carboxylic acids is 1. The van der Waals surface area contributed by atoms with Crippen molar-refractivity contribution in [1.29, 1.82) is 0 Å². The fourth-order valence-electron chi connectivity index (χ4n) is 0.738. The number of hydrogen-bond donors (Lipinski definition) is 1. The summed E-state index contributed by atoms with van der Waals surface area (Å²) in [5, 5.41) is 8.59. The van der Waals surface area contributed by atoms with E-state index < -0.39 is 5.97 Å². The summed E-state index contributed by atoms with van der Waals surface area (Å²) in [5.41, 5.74) is 0.236. The first-order valence-corrected chi connectivity index (χ1v) is 4.67. The molecule has 1 rings (SSSR count). The summed E-state index contributed by atoms with van der Waals surface area (Å²) in [6.45, 7) is 0. The van der Waals surface area contributed by atoms with Crippen LogP contribution in [0, 0.1) is 0 Å². The predicted molar refractivity (Wildman–Crippen MR) is 52.8 cm³/mol. The van der Waals surface area contributed by atoms with Crippen LogP contribution in [0.3, 0.4) is 0 Å². The van der Waals surface area contributed by atoms with Crippen molar-refractivity contribution < 1.29 is 9.90 Å². The molecule has 0 spiro atoms. The van der Waals surface area contributed by atoms with Crippen molar-refractivity contribution in [2.24, 2.45) is 0 Å². The summed E-state index contributed by atoms with van der Waals surface area (Å²) in [6, 6.07) is 6.24. The lowest BCUT2D eigenvalue weighted by atomic mass is 10.2. The average molecular weight is 238 g/mol. The maximum Gasteiger partial charge on any atom is 0.335 e. The van der Waals surface area contributed by atoms with E-state index in [0.29, 0.717) is 0 Å². The summed E-state index contributed by atoms with van der Waals surface area (Å²) in [5.74, 6) is -0.954. The first kappa shape index (κ1) is 10.7. The fraction of sp³-hybridized carbons (Fsp3) is 0. The molecule has 13 heavy (non-hydrogen) atoms. The second-order valence-electron chi connectivity index (χ2n) is 2.12. The smallest absolute Gasteiger partial charge is 0.335 e. The highest BCUT2D eigenvalue weighted by Gasteiger charge is 2.03. The lowest BCUT2D eigenvalue weighted by molar-refractivity contribution is 0.0697.